The molecule has 5 nitrogen and oxygen atoms in total. The number of allylic oxidation sites excluding steroid dienone is 5. The van der Waals surface area contributed by atoms with Gasteiger partial charge in [-0.3, -0.25) is 9.69 Å². The Balaban J connectivity index is 1.39. The van der Waals surface area contributed by atoms with E-state index in [9.17, 15) is 9.59 Å². The Labute approximate surface area is 218 Å². The van der Waals surface area contributed by atoms with Crippen molar-refractivity contribution in [2.24, 2.45) is 11.8 Å². The highest BCUT2D eigenvalue weighted by Crippen LogP contribution is 2.34. The van der Waals surface area contributed by atoms with E-state index in [2.05, 4.69) is 36.2 Å². The van der Waals surface area contributed by atoms with E-state index in [0.29, 0.717) is 35.5 Å². The van der Waals surface area contributed by atoms with E-state index in [1.165, 1.54) is 0 Å². The van der Waals surface area contributed by atoms with Crippen molar-refractivity contribution in [2.75, 3.05) is 16.8 Å². The summed E-state index contributed by atoms with van der Waals surface area (Å²) in [5.41, 5.74) is 4.85. The Hall–Kier alpha value is -3.31. The highest BCUT2D eigenvalue weighted by atomic mass is 35.5. The largest absolute Gasteiger partial charge is 0.481 e. The number of benzene rings is 2. The van der Waals surface area contributed by atoms with Gasteiger partial charge in [-0.05, 0) is 91.3 Å². The number of carboxylic acid groups (broad SMARTS) is 1. The second-order valence-electron chi connectivity index (χ2n) is 9.64. The molecule has 1 aliphatic heterocycles. The Morgan fingerprint density at radius 2 is 1.86 bits per heavy atom. The van der Waals surface area contributed by atoms with Crippen molar-refractivity contribution in [2.45, 2.75) is 44.9 Å². The zero-order valence-electron chi connectivity index (χ0n) is 20.5. The van der Waals surface area contributed by atoms with Gasteiger partial charge in [0.15, 0.2) is 0 Å². The van der Waals surface area contributed by atoms with E-state index < -0.39 is 5.97 Å². The standard InChI is InChI=1S/C30H33ClN2O3/c1-2-6-23(8-5-7-21-11-13-22(14-12-21)19-29(34)35)24-15-16-28-25(20-24)17-18-33(28)30(36)32-27-10-4-3-9-26(27)31/h2-6,8-10,15-16,20-22H,1,7,11-14,17-19H2,(H,32,36)(H,34,35). The topological polar surface area (TPSA) is 69.6 Å². The van der Waals surface area contributed by atoms with Crippen LogP contribution in [0, 0.1) is 11.8 Å². The third kappa shape index (κ3) is 6.46. The predicted octanol–water partition coefficient (Wildman–Crippen LogP) is 7.73. The van der Waals surface area contributed by atoms with Crippen LogP contribution < -0.4 is 10.2 Å². The van der Waals surface area contributed by atoms with Crippen LogP contribution in [-0.4, -0.2) is 23.7 Å². The first-order chi connectivity index (χ1) is 17.4. The minimum absolute atomic E-state index is 0.186. The number of para-hydroxylation sites is 1. The van der Waals surface area contributed by atoms with Crippen LogP contribution in [0.25, 0.3) is 5.57 Å². The van der Waals surface area contributed by atoms with E-state index in [-0.39, 0.29) is 6.03 Å². The van der Waals surface area contributed by atoms with E-state index in [1.807, 2.05) is 24.3 Å². The number of anilines is 2. The summed E-state index contributed by atoms with van der Waals surface area (Å²) >= 11 is 6.20. The molecule has 0 saturated heterocycles. The number of carbonyl (C=O) groups is 2. The summed E-state index contributed by atoms with van der Waals surface area (Å²) < 4.78 is 0. The number of aliphatic carboxylic acids is 1. The van der Waals surface area contributed by atoms with E-state index >= 15 is 0 Å². The molecule has 0 atom stereocenters. The van der Waals surface area contributed by atoms with Gasteiger partial charge in [-0.2, -0.15) is 0 Å². The van der Waals surface area contributed by atoms with Crippen LogP contribution in [0.2, 0.25) is 5.02 Å². The highest BCUT2D eigenvalue weighted by Gasteiger charge is 2.26. The second kappa shape index (κ2) is 12.1. The summed E-state index contributed by atoms with van der Waals surface area (Å²) in [7, 11) is 0. The fourth-order valence-corrected chi connectivity index (χ4v) is 5.40. The smallest absolute Gasteiger partial charge is 0.326 e. The van der Waals surface area contributed by atoms with Crippen molar-refractivity contribution in [1.82, 2.24) is 0 Å². The first-order valence-corrected chi connectivity index (χ1v) is 13.0. The van der Waals surface area contributed by atoms with Crippen LogP contribution >= 0.6 is 11.6 Å². The number of fused-ring (bicyclic) bond motifs is 1. The van der Waals surface area contributed by atoms with Gasteiger partial charge in [0.05, 0.1) is 10.7 Å². The average molecular weight is 505 g/mol. The summed E-state index contributed by atoms with van der Waals surface area (Å²) in [6.07, 6.45) is 14.5. The van der Waals surface area contributed by atoms with Crippen LogP contribution in [0.5, 0.6) is 0 Å². The summed E-state index contributed by atoms with van der Waals surface area (Å²) in [5, 5.41) is 12.4. The molecule has 36 heavy (non-hydrogen) atoms. The first kappa shape index (κ1) is 25.8. The minimum Gasteiger partial charge on any atom is -0.481 e. The fraction of sp³-hybridized carbons (Fsp3) is 0.333. The number of urea groups is 1. The van der Waals surface area contributed by atoms with E-state index in [4.69, 9.17) is 16.7 Å². The molecular weight excluding hydrogens is 472 g/mol. The molecule has 2 amide bonds. The van der Waals surface area contributed by atoms with E-state index in [1.54, 1.807) is 23.1 Å². The van der Waals surface area contributed by atoms with Crippen molar-refractivity contribution in [3.63, 3.8) is 0 Å². The Morgan fingerprint density at radius 1 is 1.11 bits per heavy atom. The van der Waals surface area contributed by atoms with Crippen molar-refractivity contribution >= 4 is 40.5 Å². The van der Waals surface area contributed by atoms with Crippen LogP contribution in [-0.2, 0) is 11.2 Å². The van der Waals surface area contributed by atoms with Gasteiger partial charge >= 0.3 is 12.0 Å². The molecule has 2 aromatic carbocycles. The van der Waals surface area contributed by atoms with Gasteiger partial charge in [-0.15, -0.1) is 0 Å². The zero-order valence-corrected chi connectivity index (χ0v) is 21.2. The molecule has 1 heterocycles. The molecule has 0 spiro atoms. The predicted molar refractivity (Wildman–Crippen MR) is 148 cm³/mol. The number of halogens is 1. The molecule has 0 unspecified atom stereocenters. The van der Waals surface area contributed by atoms with Crippen LogP contribution in [0.1, 0.15) is 49.7 Å². The highest BCUT2D eigenvalue weighted by molar-refractivity contribution is 6.33. The van der Waals surface area contributed by atoms with Crippen molar-refractivity contribution < 1.29 is 14.7 Å². The molecule has 1 saturated carbocycles. The van der Waals surface area contributed by atoms with Gasteiger partial charge in [0.2, 0.25) is 0 Å². The molecule has 0 bridgehead atoms. The zero-order chi connectivity index (χ0) is 25.5. The molecule has 1 fully saturated rings. The van der Waals surface area contributed by atoms with E-state index in [0.717, 1.165) is 60.9 Å². The summed E-state index contributed by atoms with van der Waals surface area (Å²) in [4.78, 5) is 25.6. The van der Waals surface area contributed by atoms with Gasteiger partial charge < -0.3 is 10.4 Å². The Bertz CT molecular complexity index is 1180. The summed E-state index contributed by atoms with van der Waals surface area (Å²) in [6.45, 7) is 4.50. The van der Waals surface area contributed by atoms with Gasteiger partial charge in [-0.25, -0.2) is 4.79 Å². The molecule has 2 aliphatic rings. The van der Waals surface area contributed by atoms with Crippen LogP contribution in [0.3, 0.4) is 0 Å². The number of rotatable bonds is 8. The number of carboxylic acids is 1. The molecule has 4 rings (SSSR count). The minimum atomic E-state index is -0.684. The maximum atomic E-state index is 12.9. The van der Waals surface area contributed by atoms with Crippen molar-refractivity contribution in [1.29, 1.82) is 0 Å². The number of carbonyl (C=O) groups excluding carboxylic acids is 1. The molecule has 0 radical (unpaired) electrons. The quantitative estimate of drug-likeness (QED) is 0.361. The number of nitrogens with one attached hydrogen (secondary N) is 1. The Morgan fingerprint density at radius 3 is 2.58 bits per heavy atom. The number of nitrogens with zero attached hydrogens (tertiary/aromatic N) is 1. The Kier molecular flexibility index (Phi) is 8.65. The third-order valence-electron chi connectivity index (χ3n) is 7.16. The van der Waals surface area contributed by atoms with Gasteiger partial charge in [0.25, 0.3) is 0 Å². The molecule has 2 aromatic rings. The molecule has 1 aliphatic carbocycles. The maximum Gasteiger partial charge on any atom is 0.326 e. The molecular formula is C30H33ClN2O3. The summed E-state index contributed by atoms with van der Waals surface area (Å²) in [5.74, 6) is 0.259. The normalized spacial score (nSPS) is 19.8. The fourth-order valence-electron chi connectivity index (χ4n) is 5.22. The molecule has 0 aromatic heterocycles. The van der Waals surface area contributed by atoms with Crippen molar-refractivity contribution in [3.8, 4) is 0 Å². The van der Waals surface area contributed by atoms with Crippen molar-refractivity contribution in [3.05, 3.63) is 89.5 Å². The van der Waals surface area contributed by atoms with Gasteiger partial charge in [-0.1, -0.05) is 60.7 Å². The number of amides is 2. The molecule has 6 heteroatoms. The number of hydrogen-bond acceptors (Lipinski definition) is 2. The molecule has 188 valence electrons. The van der Waals surface area contributed by atoms with Gasteiger partial charge in [0.1, 0.15) is 0 Å². The van der Waals surface area contributed by atoms with Gasteiger partial charge in [0, 0.05) is 18.7 Å². The number of hydrogen-bond donors (Lipinski definition) is 2. The monoisotopic (exact) mass is 504 g/mol. The second-order valence-corrected chi connectivity index (χ2v) is 10.0. The SMILES string of the molecule is C=CC=C(C=CCC1CCC(CC(=O)O)CC1)c1ccc2c(c1)CCN2C(=O)Nc1ccccc1Cl. The molecule has 2 N–H and O–H groups in total. The lowest BCUT2D eigenvalue weighted by molar-refractivity contribution is -0.138. The lowest BCUT2D eigenvalue weighted by atomic mass is 9.79. The maximum absolute atomic E-state index is 12.9. The lowest BCUT2D eigenvalue weighted by Gasteiger charge is -2.26. The van der Waals surface area contributed by atoms with Crippen LogP contribution in [0.15, 0.2) is 73.3 Å². The summed E-state index contributed by atoms with van der Waals surface area (Å²) in [6, 6.07) is 13.3. The lowest BCUT2D eigenvalue weighted by Crippen LogP contribution is -2.33. The first-order valence-electron chi connectivity index (χ1n) is 12.6. The van der Waals surface area contributed by atoms with Crippen LogP contribution in [0.4, 0.5) is 16.2 Å². The third-order valence-corrected chi connectivity index (χ3v) is 7.49. The average Bonchev–Trinajstić information content (AvgIpc) is 3.29.